The summed E-state index contributed by atoms with van der Waals surface area (Å²) in [5.41, 5.74) is -0.0257. The molecule has 0 bridgehead atoms. The molecule has 5 heteroatoms. The van der Waals surface area contributed by atoms with Crippen LogP contribution in [0.25, 0.3) is 0 Å². The highest BCUT2D eigenvalue weighted by molar-refractivity contribution is 5.84. The molecule has 3 aliphatic heterocycles. The van der Waals surface area contributed by atoms with Crippen molar-refractivity contribution in [2.75, 3.05) is 39.8 Å². The molecular formula is C20H35N3O2. The van der Waals surface area contributed by atoms with Gasteiger partial charge >= 0.3 is 0 Å². The van der Waals surface area contributed by atoms with E-state index in [0.29, 0.717) is 30.1 Å². The maximum absolute atomic E-state index is 12.9. The van der Waals surface area contributed by atoms with Gasteiger partial charge in [-0.2, -0.15) is 0 Å². The number of carbonyl (C=O) groups excluding carboxylic acids is 2. The van der Waals surface area contributed by atoms with Crippen LogP contribution in [0.1, 0.15) is 47.0 Å². The van der Waals surface area contributed by atoms with Gasteiger partial charge in [0.05, 0.1) is 11.5 Å². The minimum Gasteiger partial charge on any atom is -0.343 e. The topological polar surface area (TPSA) is 43.9 Å². The summed E-state index contributed by atoms with van der Waals surface area (Å²) in [5.74, 6) is 2.26. The molecule has 0 radical (unpaired) electrons. The third-order valence-corrected chi connectivity index (χ3v) is 6.59. The molecular weight excluding hydrogens is 314 g/mol. The van der Waals surface area contributed by atoms with Crippen LogP contribution in [-0.2, 0) is 9.59 Å². The van der Waals surface area contributed by atoms with Gasteiger partial charge in [-0.25, -0.2) is 0 Å². The van der Waals surface area contributed by atoms with Gasteiger partial charge in [-0.15, -0.1) is 0 Å². The highest BCUT2D eigenvalue weighted by Crippen LogP contribution is 2.49. The molecule has 142 valence electrons. The van der Waals surface area contributed by atoms with Crippen molar-refractivity contribution in [2.24, 2.45) is 23.7 Å². The Morgan fingerprint density at radius 3 is 2.32 bits per heavy atom. The Hall–Kier alpha value is -1.10. The maximum atomic E-state index is 12.9. The van der Waals surface area contributed by atoms with Gasteiger partial charge in [0.1, 0.15) is 0 Å². The normalized spacial score (nSPS) is 29.3. The van der Waals surface area contributed by atoms with Crippen molar-refractivity contribution < 1.29 is 9.59 Å². The molecule has 1 spiro atoms. The van der Waals surface area contributed by atoms with E-state index in [2.05, 4.69) is 37.5 Å². The zero-order valence-electron chi connectivity index (χ0n) is 16.6. The Balaban J connectivity index is 1.69. The summed E-state index contributed by atoms with van der Waals surface area (Å²) in [6.07, 6.45) is 2.52. The van der Waals surface area contributed by atoms with E-state index in [1.807, 2.05) is 11.9 Å². The smallest absolute Gasteiger partial charge is 0.227 e. The molecule has 3 rings (SSSR count). The lowest BCUT2D eigenvalue weighted by molar-refractivity contribution is -0.137. The summed E-state index contributed by atoms with van der Waals surface area (Å²) in [6, 6.07) is 0. The van der Waals surface area contributed by atoms with Gasteiger partial charge < -0.3 is 14.7 Å². The van der Waals surface area contributed by atoms with E-state index in [4.69, 9.17) is 0 Å². The van der Waals surface area contributed by atoms with E-state index in [0.717, 1.165) is 45.6 Å². The average Bonchev–Trinajstić information content (AvgIpc) is 3.02. The first-order valence-electron chi connectivity index (χ1n) is 10.0. The fourth-order valence-electron chi connectivity index (χ4n) is 5.39. The Kier molecular flexibility index (Phi) is 5.16. The SMILES string of the molecule is CC(C)CC(=O)N1CCC2(CC1)[C@@H]1CN(CC(C)C)C[C@@H]1C(=O)N2C. The van der Waals surface area contributed by atoms with E-state index < -0.39 is 0 Å². The van der Waals surface area contributed by atoms with Crippen LogP contribution in [0.15, 0.2) is 0 Å². The van der Waals surface area contributed by atoms with Crippen molar-refractivity contribution in [1.29, 1.82) is 0 Å². The number of fused-ring (bicyclic) bond motifs is 2. The Labute approximate surface area is 152 Å². The second-order valence-corrected chi connectivity index (χ2v) is 9.30. The second kappa shape index (κ2) is 6.90. The van der Waals surface area contributed by atoms with Crippen molar-refractivity contribution in [3.63, 3.8) is 0 Å². The van der Waals surface area contributed by atoms with E-state index in [-0.39, 0.29) is 17.4 Å². The molecule has 3 fully saturated rings. The molecule has 0 unspecified atom stereocenters. The van der Waals surface area contributed by atoms with E-state index >= 15 is 0 Å². The highest BCUT2D eigenvalue weighted by Gasteiger charge is 2.60. The van der Waals surface area contributed by atoms with E-state index in [9.17, 15) is 9.59 Å². The number of nitrogens with zero attached hydrogens (tertiary/aromatic N) is 3. The first-order valence-corrected chi connectivity index (χ1v) is 10.0. The van der Waals surface area contributed by atoms with Crippen LogP contribution in [0.2, 0.25) is 0 Å². The lowest BCUT2D eigenvalue weighted by atomic mass is 9.75. The van der Waals surface area contributed by atoms with Crippen LogP contribution in [0.3, 0.4) is 0 Å². The number of rotatable bonds is 4. The molecule has 0 aromatic carbocycles. The molecule has 3 aliphatic rings. The summed E-state index contributed by atoms with van der Waals surface area (Å²) >= 11 is 0. The van der Waals surface area contributed by atoms with Crippen LogP contribution >= 0.6 is 0 Å². The molecule has 0 aliphatic carbocycles. The maximum Gasteiger partial charge on any atom is 0.227 e. The van der Waals surface area contributed by atoms with Gasteiger partial charge in [-0.3, -0.25) is 9.59 Å². The Morgan fingerprint density at radius 2 is 1.76 bits per heavy atom. The summed E-state index contributed by atoms with van der Waals surface area (Å²) < 4.78 is 0. The molecule has 2 atom stereocenters. The van der Waals surface area contributed by atoms with Crippen molar-refractivity contribution >= 4 is 11.8 Å². The number of carbonyl (C=O) groups is 2. The van der Waals surface area contributed by atoms with Gasteiger partial charge in [0, 0.05) is 52.1 Å². The predicted molar refractivity (Wildman–Crippen MR) is 99.0 cm³/mol. The predicted octanol–water partition coefficient (Wildman–Crippen LogP) is 2.07. The largest absolute Gasteiger partial charge is 0.343 e. The fraction of sp³-hybridized carbons (Fsp3) is 0.900. The van der Waals surface area contributed by atoms with Gasteiger partial charge in [0.2, 0.25) is 11.8 Å². The van der Waals surface area contributed by atoms with Crippen LogP contribution in [0.4, 0.5) is 0 Å². The molecule has 25 heavy (non-hydrogen) atoms. The fourth-order valence-corrected chi connectivity index (χ4v) is 5.39. The minimum atomic E-state index is -0.0257. The minimum absolute atomic E-state index is 0.0257. The summed E-state index contributed by atoms with van der Waals surface area (Å²) in [7, 11) is 2.00. The molecule has 0 aromatic rings. The summed E-state index contributed by atoms with van der Waals surface area (Å²) in [5, 5.41) is 0. The molecule has 2 amide bonds. The second-order valence-electron chi connectivity index (χ2n) is 9.30. The number of hydrogen-bond donors (Lipinski definition) is 0. The van der Waals surface area contributed by atoms with Crippen molar-refractivity contribution in [3.8, 4) is 0 Å². The third-order valence-electron chi connectivity index (χ3n) is 6.59. The Morgan fingerprint density at radius 1 is 1.12 bits per heavy atom. The van der Waals surface area contributed by atoms with Crippen LogP contribution < -0.4 is 0 Å². The average molecular weight is 350 g/mol. The quantitative estimate of drug-likeness (QED) is 0.780. The van der Waals surface area contributed by atoms with Crippen LogP contribution in [0, 0.1) is 23.7 Å². The highest BCUT2D eigenvalue weighted by atomic mass is 16.2. The van der Waals surface area contributed by atoms with Gasteiger partial charge in [0.15, 0.2) is 0 Å². The third kappa shape index (κ3) is 3.32. The summed E-state index contributed by atoms with van der Waals surface area (Å²) in [4.78, 5) is 31.8. The first kappa shape index (κ1) is 18.7. The number of hydrogen-bond acceptors (Lipinski definition) is 3. The number of piperidine rings is 1. The molecule has 3 saturated heterocycles. The van der Waals surface area contributed by atoms with Crippen LogP contribution in [-0.4, -0.2) is 71.8 Å². The van der Waals surface area contributed by atoms with E-state index in [1.54, 1.807) is 0 Å². The molecule has 0 N–H and O–H groups in total. The molecule has 3 heterocycles. The zero-order chi connectivity index (χ0) is 18.4. The van der Waals surface area contributed by atoms with Gasteiger partial charge in [-0.05, 0) is 24.7 Å². The lowest BCUT2D eigenvalue weighted by Gasteiger charge is -2.47. The van der Waals surface area contributed by atoms with Crippen LogP contribution in [0.5, 0.6) is 0 Å². The van der Waals surface area contributed by atoms with Crippen molar-refractivity contribution in [3.05, 3.63) is 0 Å². The lowest BCUT2D eigenvalue weighted by Crippen LogP contribution is -2.56. The van der Waals surface area contributed by atoms with Crippen molar-refractivity contribution in [1.82, 2.24) is 14.7 Å². The van der Waals surface area contributed by atoms with E-state index in [1.165, 1.54) is 0 Å². The number of likely N-dealkylation sites (tertiary alicyclic amines) is 3. The summed E-state index contributed by atoms with van der Waals surface area (Å²) in [6.45, 7) is 13.3. The molecule has 0 saturated carbocycles. The standard InChI is InChI=1S/C20H35N3O2/c1-14(2)10-18(24)23-8-6-20(7-9-23)17-13-22(11-15(3)4)12-16(17)19(25)21(20)5/h14-17H,6-13H2,1-5H3/t16-,17+/m0/s1. The van der Waals surface area contributed by atoms with Crippen molar-refractivity contribution in [2.45, 2.75) is 52.5 Å². The first-order chi connectivity index (χ1) is 11.7. The zero-order valence-corrected chi connectivity index (χ0v) is 16.6. The molecule has 5 nitrogen and oxygen atoms in total. The van der Waals surface area contributed by atoms with Gasteiger partial charge in [0.25, 0.3) is 0 Å². The number of amides is 2. The Bertz CT molecular complexity index is 523. The monoisotopic (exact) mass is 349 g/mol. The molecule has 0 aromatic heterocycles. The van der Waals surface area contributed by atoms with Gasteiger partial charge in [-0.1, -0.05) is 27.7 Å².